The van der Waals surface area contributed by atoms with E-state index in [0.717, 1.165) is 17.8 Å². The Morgan fingerprint density at radius 3 is 2.17 bits per heavy atom. The number of rotatable bonds is 3. The second kappa shape index (κ2) is 5.53. The van der Waals surface area contributed by atoms with Gasteiger partial charge in [0.05, 0.1) is 0 Å². The van der Waals surface area contributed by atoms with E-state index in [1.165, 1.54) is 77.2 Å². The summed E-state index contributed by atoms with van der Waals surface area (Å²) in [7, 11) is 0. The Hall–Kier alpha value is -0.0400. The first-order valence-corrected chi connectivity index (χ1v) is 8.60. The van der Waals surface area contributed by atoms with E-state index < -0.39 is 0 Å². The topological polar surface area (TPSA) is 12.0 Å². The molecule has 1 nitrogen and oxygen atoms in total. The molecule has 0 bridgehead atoms. The van der Waals surface area contributed by atoms with Gasteiger partial charge in [0, 0.05) is 5.54 Å². The lowest BCUT2D eigenvalue weighted by Gasteiger charge is -2.45. The van der Waals surface area contributed by atoms with E-state index in [2.05, 4.69) is 12.2 Å². The molecular formula is C17H31N. The van der Waals surface area contributed by atoms with Crippen LogP contribution in [0.15, 0.2) is 0 Å². The highest BCUT2D eigenvalue weighted by atomic mass is 15.0. The highest BCUT2D eigenvalue weighted by Crippen LogP contribution is 2.51. The maximum absolute atomic E-state index is 4.06. The van der Waals surface area contributed by atoms with Crippen LogP contribution in [-0.2, 0) is 0 Å². The molecule has 104 valence electrons. The highest BCUT2D eigenvalue weighted by Gasteiger charge is 2.50. The van der Waals surface area contributed by atoms with Gasteiger partial charge in [-0.15, -0.1) is 0 Å². The number of hydrogen-bond donors (Lipinski definition) is 1. The van der Waals surface area contributed by atoms with Crippen molar-refractivity contribution in [2.75, 3.05) is 6.54 Å². The van der Waals surface area contributed by atoms with Crippen molar-refractivity contribution in [3.05, 3.63) is 0 Å². The number of nitrogens with one attached hydrogen (secondary N) is 1. The lowest BCUT2D eigenvalue weighted by molar-refractivity contribution is 0.110. The second-order valence-corrected chi connectivity index (χ2v) is 7.18. The summed E-state index contributed by atoms with van der Waals surface area (Å²) in [6, 6.07) is 0. The van der Waals surface area contributed by atoms with E-state index in [0.29, 0.717) is 5.54 Å². The van der Waals surface area contributed by atoms with Crippen LogP contribution >= 0.6 is 0 Å². The number of hydrogen-bond acceptors (Lipinski definition) is 1. The molecule has 1 saturated heterocycles. The third-order valence-corrected chi connectivity index (χ3v) is 6.18. The summed E-state index contributed by atoms with van der Waals surface area (Å²) in [5, 5.41) is 4.06. The van der Waals surface area contributed by atoms with Crippen LogP contribution in [0.3, 0.4) is 0 Å². The molecule has 1 heteroatoms. The van der Waals surface area contributed by atoms with Crippen molar-refractivity contribution in [1.82, 2.24) is 5.32 Å². The Balaban J connectivity index is 1.69. The van der Waals surface area contributed by atoms with Crippen LogP contribution in [-0.4, -0.2) is 12.1 Å². The van der Waals surface area contributed by atoms with Crippen molar-refractivity contribution in [1.29, 1.82) is 0 Å². The zero-order valence-corrected chi connectivity index (χ0v) is 12.2. The predicted molar refractivity (Wildman–Crippen MR) is 77.7 cm³/mol. The van der Waals surface area contributed by atoms with Gasteiger partial charge in [-0.3, -0.25) is 0 Å². The summed E-state index contributed by atoms with van der Waals surface area (Å²) in [6.07, 6.45) is 16.3. The van der Waals surface area contributed by atoms with Gasteiger partial charge < -0.3 is 5.32 Å². The molecule has 2 aliphatic carbocycles. The van der Waals surface area contributed by atoms with Crippen molar-refractivity contribution in [2.45, 2.75) is 83.1 Å². The minimum Gasteiger partial charge on any atom is -0.311 e. The Bertz CT molecular complexity index is 253. The maximum Gasteiger partial charge on any atom is 0.0237 e. The van der Waals surface area contributed by atoms with Gasteiger partial charge in [-0.25, -0.2) is 0 Å². The molecule has 2 saturated carbocycles. The Labute approximate surface area is 113 Å². The van der Waals surface area contributed by atoms with Gasteiger partial charge in [-0.2, -0.15) is 0 Å². The van der Waals surface area contributed by atoms with Crippen molar-refractivity contribution in [2.24, 2.45) is 17.8 Å². The molecule has 1 N–H and O–H groups in total. The van der Waals surface area contributed by atoms with E-state index in [4.69, 9.17) is 0 Å². The summed E-state index contributed by atoms with van der Waals surface area (Å²) < 4.78 is 0. The molecule has 1 aliphatic heterocycles. The first-order valence-electron chi connectivity index (χ1n) is 8.60. The van der Waals surface area contributed by atoms with Gasteiger partial charge in [-0.1, -0.05) is 39.0 Å². The first-order chi connectivity index (χ1) is 8.85. The molecule has 18 heavy (non-hydrogen) atoms. The van der Waals surface area contributed by atoms with Crippen LogP contribution in [0.1, 0.15) is 77.6 Å². The summed E-state index contributed by atoms with van der Waals surface area (Å²) in [4.78, 5) is 0. The van der Waals surface area contributed by atoms with Crippen LogP contribution in [0.5, 0.6) is 0 Å². The molecule has 3 fully saturated rings. The Kier molecular flexibility index (Phi) is 3.98. The summed E-state index contributed by atoms with van der Waals surface area (Å²) >= 11 is 0. The Morgan fingerprint density at radius 1 is 0.889 bits per heavy atom. The van der Waals surface area contributed by atoms with Crippen LogP contribution in [0.4, 0.5) is 0 Å². The average Bonchev–Trinajstić information content (AvgIpc) is 3.25. The molecule has 1 heterocycles. The molecule has 1 unspecified atom stereocenters. The van der Waals surface area contributed by atoms with E-state index in [9.17, 15) is 0 Å². The fourth-order valence-electron chi connectivity index (χ4n) is 4.84. The SMILES string of the molecule is CCC1CCC(C2(C3CC3)CCCCCN2)CC1. The zero-order valence-electron chi connectivity index (χ0n) is 12.2. The molecule has 3 rings (SSSR count). The molecule has 3 aliphatic rings. The van der Waals surface area contributed by atoms with Crippen molar-refractivity contribution < 1.29 is 0 Å². The standard InChI is InChI=1S/C17H31N/c1-2-14-6-8-15(9-7-14)17(16-10-11-16)12-4-3-5-13-18-17/h14-16,18H,2-13H2,1H3. The second-order valence-electron chi connectivity index (χ2n) is 7.18. The summed E-state index contributed by atoms with van der Waals surface area (Å²) in [5.41, 5.74) is 0.579. The average molecular weight is 249 g/mol. The molecule has 0 aromatic heterocycles. The lowest BCUT2D eigenvalue weighted by Crippen LogP contribution is -2.53. The lowest BCUT2D eigenvalue weighted by atomic mass is 9.67. The van der Waals surface area contributed by atoms with Crippen molar-refractivity contribution in [3.63, 3.8) is 0 Å². The van der Waals surface area contributed by atoms with Crippen LogP contribution in [0.2, 0.25) is 0 Å². The van der Waals surface area contributed by atoms with Gasteiger partial charge >= 0.3 is 0 Å². The molecule has 0 radical (unpaired) electrons. The fourth-order valence-corrected chi connectivity index (χ4v) is 4.84. The summed E-state index contributed by atoms with van der Waals surface area (Å²) in [6.45, 7) is 3.68. The van der Waals surface area contributed by atoms with E-state index in [1.807, 2.05) is 0 Å². The zero-order chi connectivity index (χ0) is 12.4. The van der Waals surface area contributed by atoms with E-state index >= 15 is 0 Å². The third-order valence-electron chi connectivity index (χ3n) is 6.18. The predicted octanol–water partition coefficient (Wildman–Crippen LogP) is 4.52. The Morgan fingerprint density at radius 2 is 1.56 bits per heavy atom. The van der Waals surface area contributed by atoms with Crippen LogP contribution in [0.25, 0.3) is 0 Å². The minimum absolute atomic E-state index is 0.579. The smallest absolute Gasteiger partial charge is 0.0237 e. The van der Waals surface area contributed by atoms with Gasteiger partial charge in [0.2, 0.25) is 0 Å². The molecule has 0 amide bonds. The normalized spacial score (nSPS) is 42.5. The molecule has 0 aromatic rings. The van der Waals surface area contributed by atoms with Crippen molar-refractivity contribution >= 4 is 0 Å². The van der Waals surface area contributed by atoms with Gasteiger partial charge in [0.15, 0.2) is 0 Å². The first kappa shape index (κ1) is 13.0. The van der Waals surface area contributed by atoms with E-state index in [-0.39, 0.29) is 0 Å². The molecule has 0 aromatic carbocycles. The minimum atomic E-state index is 0.579. The van der Waals surface area contributed by atoms with Crippen LogP contribution < -0.4 is 5.32 Å². The largest absolute Gasteiger partial charge is 0.311 e. The maximum atomic E-state index is 4.06. The van der Waals surface area contributed by atoms with Gasteiger partial charge in [-0.05, 0) is 62.8 Å². The molecular weight excluding hydrogens is 218 g/mol. The quantitative estimate of drug-likeness (QED) is 0.775. The fraction of sp³-hybridized carbons (Fsp3) is 1.00. The molecule has 0 spiro atoms. The van der Waals surface area contributed by atoms with Crippen molar-refractivity contribution in [3.8, 4) is 0 Å². The third kappa shape index (κ3) is 2.48. The monoisotopic (exact) mass is 249 g/mol. The highest BCUT2D eigenvalue weighted by molar-refractivity contribution is 5.06. The van der Waals surface area contributed by atoms with E-state index in [1.54, 1.807) is 0 Å². The molecule has 1 atom stereocenters. The van der Waals surface area contributed by atoms with Crippen LogP contribution in [0, 0.1) is 17.8 Å². The summed E-state index contributed by atoms with van der Waals surface area (Å²) in [5.74, 6) is 3.09. The van der Waals surface area contributed by atoms with Gasteiger partial charge in [0.1, 0.15) is 0 Å². The van der Waals surface area contributed by atoms with Gasteiger partial charge in [0.25, 0.3) is 0 Å².